The minimum Gasteiger partial charge on any atom is -0.462 e. The van der Waals surface area contributed by atoms with E-state index >= 15 is 0 Å². The summed E-state index contributed by atoms with van der Waals surface area (Å²) in [6.07, 6.45) is 62.0. The molecule has 0 aromatic heterocycles. The molecule has 0 aromatic carbocycles. The molecule has 0 aromatic rings. The maximum absolute atomic E-state index is 12.9. The maximum Gasteiger partial charge on any atom is 0.306 e. The molecule has 0 aliphatic carbocycles. The van der Waals surface area contributed by atoms with Gasteiger partial charge in [-0.2, -0.15) is 0 Å². The second-order valence-electron chi connectivity index (χ2n) is 19.9. The molecule has 0 rings (SSSR count). The van der Waals surface area contributed by atoms with Gasteiger partial charge in [-0.15, -0.1) is 0 Å². The predicted molar refractivity (Wildman–Crippen MR) is 280 cm³/mol. The molecule has 0 saturated carbocycles. The molecule has 0 radical (unpaired) electrons. The highest BCUT2D eigenvalue weighted by Crippen LogP contribution is 2.17. The average molecular weight is 918 g/mol. The second kappa shape index (κ2) is 54.8. The third kappa shape index (κ3) is 53.0. The SMILES string of the molecule is CCCCCCC=CCCCCCCCC(=O)OCC(COC(=O)CCCCCCCCCCCCCCCCCCC)OC(=O)CCCCCCCCCCCCCCCCCCC. The van der Waals surface area contributed by atoms with E-state index in [1.807, 2.05) is 0 Å². The number of ether oxygens (including phenoxy) is 3. The zero-order valence-corrected chi connectivity index (χ0v) is 44.0. The summed E-state index contributed by atoms with van der Waals surface area (Å²) in [5, 5.41) is 0. The Morgan fingerprint density at radius 1 is 0.292 bits per heavy atom. The van der Waals surface area contributed by atoms with E-state index < -0.39 is 6.10 Å². The van der Waals surface area contributed by atoms with E-state index in [4.69, 9.17) is 14.2 Å². The van der Waals surface area contributed by atoms with Crippen LogP contribution in [0, 0.1) is 0 Å². The minimum absolute atomic E-state index is 0.0664. The number of unbranched alkanes of at least 4 members (excludes halogenated alkanes) is 41. The van der Waals surface area contributed by atoms with E-state index in [0.29, 0.717) is 19.3 Å². The molecule has 0 heterocycles. The lowest BCUT2D eigenvalue weighted by Crippen LogP contribution is -2.30. The molecule has 0 bridgehead atoms. The number of rotatable bonds is 54. The van der Waals surface area contributed by atoms with Crippen molar-refractivity contribution in [1.82, 2.24) is 0 Å². The van der Waals surface area contributed by atoms with Crippen molar-refractivity contribution in [2.45, 2.75) is 335 Å². The zero-order valence-electron chi connectivity index (χ0n) is 44.0. The van der Waals surface area contributed by atoms with Crippen LogP contribution >= 0.6 is 0 Å². The van der Waals surface area contributed by atoms with Crippen molar-refractivity contribution in [3.8, 4) is 0 Å². The van der Waals surface area contributed by atoms with Gasteiger partial charge in [0.05, 0.1) is 0 Å². The van der Waals surface area contributed by atoms with Crippen molar-refractivity contribution in [2.75, 3.05) is 13.2 Å². The highest BCUT2D eigenvalue weighted by atomic mass is 16.6. The van der Waals surface area contributed by atoms with Crippen LogP contribution in [0.2, 0.25) is 0 Å². The molecule has 6 nitrogen and oxygen atoms in total. The molecular formula is C59H112O6. The minimum atomic E-state index is -0.767. The van der Waals surface area contributed by atoms with Gasteiger partial charge in [0, 0.05) is 19.3 Å². The Labute approximate surface area is 405 Å². The Morgan fingerprint density at radius 2 is 0.508 bits per heavy atom. The first-order valence-corrected chi connectivity index (χ1v) is 29.2. The van der Waals surface area contributed by atoms with Crippen LogP contribution < -0.4 is 0 Å². The first-order chi connectivity index (χ1) is 32.0. The lowest BCUT2D eigenvalue weighted by molar-refractivity contribution is -0.167. The summed E-state index contributed by atoms with van der Waals surface area (Å²) >= 11 is 0. The standard InChI is InChI=1S/C59H112O6/c1-4-7-10-13-16-19-22-25-27-29-31-34-37-40-43-46-49-52-58(61)64-55-56(54-63-57(60)51-48-45-42-39-36-33-24-21-18-15-12-9-6-3)65-59(62)53-50-47-44-41-38-35-32-30-28-26-23-20-17-14-11-8-5-2/h21,24,56H,4-20,22-23,25-55H2,1-3H3. The summed E-state index contributed by atoms with van der Waals surface area (Å²) < 4.78 is 16.9. The summed E-state index contributed by atoms with van der Waals surface area (Å²) in [6.45, 7) is 6.68. The molecule has 1 atom stereocenters. The quantitative estimate of drug-likeness (QED) is 0.0262. The van der Waals surface area contributed by atoms with Crippen molar-refractivity contribution < 1.29 is 28.6 Å². The van der Waals surface area contributed by atoms with Crippen LogP contribution in [0.3, 0.4) is 0 Å². The molecule has 65 heavy (non-hydrogen) atoms. The maximum atomic E-state index is 12.9. The van der Waals surface area contributed by atoms with Crippen molar-refractivity contribution >= 4 is 17.9 Å². The number of esters is 3. The van der Waals surface area contributed by atoms with Crippen LogP contribution in [0.4, 0.5) is 0 Å². The Hall–Kier alpha value is -1.85. The van der Waals surface area contributed by atoms with Gasteiger partial charge in [0.15, 0.2) is 6.10 Å². The van der Waals surface area contributed by atoms with Crippen LogP contribution in [-0.4, -0.2) is 37.2 Å². The molecule has 0 N–H and O–H groups in total. The Kier molecular flexibility index (Phi) is 53.2. The molecule has 6 heteroatoms. The number of hydrogen-bond donors (Lipinski definition) is 0. The first-order valence-electron chi connectivity index (χ1n) is 29.2. The molecule has 384 valence electrons. The highest BCUT2D eigenvalue weighted by molar-refractivity contribution is 5.71. The van der Waals surface area contributed by atoms with Gasteiger partial charge in [0.25, 0.3) is 0 Å². The Morgan fingerprint density at radius 3 is 0.785 bits per heavy atom. The van der Waals surface area contributed by atoms with Gasteiger partial charge in [-0.05, 0) is 44.9 Å². The van der Waals surface area contributed by atoms with E-state index in [2.05, 4.69) is 32.9 Å². The molecule has 0 aliphatic rings. The lowest BCUT2D eigenvalue weighted by atomic mass is 10.0. The van der Waals surface area contributed by atoms with Gasteiger partial charge in [-0.1, -0.05) is 277 Å². The van der Waals surface area contributed by atoms with Crippen molar-refractivity contribution in [1.29, 1.82) is 0 Å². The summed E-state index contributed by atoms with van der Waals surface area (Å²) in [5.74, 6) is -0.850. The molecular weight excluding hydrogens is 805 g/mol. The lowest BCUT2D eigenvalue weighted by Gasteiger charge is -2.18. The zero-order chi connectivity index (χ0) is 47.2. The normalized spacial score (nSPS) is 12.0. The van der Waals surface area contributed by atoms with Crippen LogP contribution in [-0.2, 0) is 28.6 Å². The second-order valence-corrected chi connectivity index (χ2v) is 19.9. The van der Waals surface area contributed by atoms with E-state index in [0.717, 1.165) is 64.2 Å². The van der Waals surface area contributed by atoms with Crippen molar-refractivity contribution in [3.05, 3.63) is 12.2 Å². The van der Waals surface area contributed by atoms with E-state index in [9.17, 15) is 14.4 Å². The predicted octanol–water partition coefficient (Wildman–Crippen LogP) is 19.3. The number of carbonyl (C=O) groups is 3. The van der Waals surface area contributed by atoms with Crippen molar-refractivity contribution in [2.24, 2.45) is 0 Å². The monoisotopic (exact) mass is 917 g/mol. The Balaban J connectivity index is 4.30. The summed E-state index contributed by atoms with van der Waals surface area (Å²) in [7, 11) is 0. The van der Waals surface area contributed by atoms with E-state index in [1.54, 1.807) is 0 Å². The summed E-state index contributed by atoms with van der Waals surface area (Å²) in [4.78, 5) is 38.1. The van der Waals surface area contributed by atoms with E-state index in [1.165, 1.54) is 225 Å². The van der Waals surface area contributed by atoms with Crippen LogP contribution in [0.1, 0.15) is 329 Å². The fourth-order valence-electron chi connectivity index (χ4n) is 8.85. The third-order valence-corrected chi connectivity index (χ3v) is 13.3. The highest BCUT2D eigenvalue weighted by Gasteiger charge is 2.19. The fraction of sp³-hybridized carbons (Fsp3) is 0.915. The van der Waals surface area contributed by atoms with Gasteiger partial charge in [-0.25, -0.2) is 0 Å². The van der Waals surface area contributed by atoms with Crippen LogP contribution in [0.5, 0.6) is 0 Å². The largest absolute Gasteiger partial charge is 0.462 e. The number of carbonyl (C=O) groups excluding carboxylic acids is 3. The fourth-order valence-corrected chi connectivity index (χ4v) is 8.85. The molecule has 0 spiro atoms. The first kappa shape index (κ1) is 63.1. The van der Waals surface area contributed by atoms with Gasteiger partial charge in [0.1, 0.15) is 13.2 Å². The van der Waals surface area contributed by atoms with E-state index in [-0.39, 0.29) is 31.1 Å². The molecule has 0 amide bonds. The van der Waals surface area contributed by atoms with Gasteiger partial charge in [0.2, 0.25) is 0 Å². The number of hydrogen-bond acceptors (Lipinski definition) is 6. The molecule has 1 unspecified atom stereocenters. The van der Waals surface area contributed by atoms with Crippen LogP contribution in [0.15, 0.2) is 12.2 Å². The van der Waals surface area contributed by atoms with Crippen LogP contribution in [0.25, 0.3) is 0 Å². The van der Waals surface area contributed by atoms with Gasteiger partial charge >= 0.3 is 17.9 Å². The molecule has 0 fully saturated rings. The smallest absolute Gasteiger partial charge is 0.306 e. The molecule has 0 aliphatic heterocycles. The Bertz CT molecular complexity index is 1010. The third-order valence-electron chi connectivity index (χ3n) is 13.3. The summed E-state index contributed by atoms with van der Waals surface area (Å²) in [5.41, 5.74) is 0. The average Bonchev–Trinajstić information content (AvgIpc) is 3.30. The summed E-state index contributed by atoms with van der Waals surface area (Å²) in [6, 6.07) is 0. The number of allylic oxidation sites excluding steroid dienone is 2. The van der Waals surface area contributed by atoms with Gasteiger partial charge < -0.3 is 14.2 Å². The molecule has 0 saturated heterocycles. The van der Waals surface area contributed by atoms with Crippen molar-refractivity contribution in [3.63, 3.8) is 0 Å². The topological polar surface area (TPSA) is 78.9 Å². The van der Waals surface area contributed by atoms with Gasteiger partial charge in [-0.3, -0.25) is 14.4 Å².